The summed E-state index contributed by atoms with van der Waals surface area (Å²) in [7, 11) is 0. The maximum Gasteiger partial charge on any atom is 0.229 e. The van der Waals surface area contributed by atoms with Crippen LogP contribution in [0, 0.1) is 0 Å². The van der Waals surface area contributed by atoms with Gasteiger partial charge in [-0.2, -0.15) is 0 Å². The first kappa shape index (κ1) is 12.2. The molecule has 18 heavy (non-hydrogen) atoms. The molecule has 0 saturated heterocycles. The van der Waals surface area contributed by atoms with E-state index < -0.39 is 0 Å². The summed E-state index contributed by atoms with van der Waals surface area (Å²) < 4.78 is 3.07. The van der Waals surface area contributed by atoms with Crippen LogP contribution >= 0.6 is 27.5 Å². The first-order valence-corrected chi connectivity index (χ1v) is 7.27. The fourth-order valence-electron chi connectivity index (χ4n) is 2.16. The monoisotopic (exact) mass is 325 g/mol. The molecule has 5 heteroatoms. The van der Waals surface area contributed by atoms with Gasteiger partial charge in [-0.3, -0.25) is 4.57 Å². The van der Waals surface area contributed by atoms with Crippen molar-refractivity contribution in [2.75, 3.05) is 0 Å². The highest BCUT2D eigenvalue weighted by molar-refractivity contribution is 9.10. The van der Waals surface area contributed by atoms with Gasteiger partial charge in [0.25, 0.3) is 0 Å². The molecule has 2 aromatic rings. The van der Waals surface area contributed by atoms with E-state index in [0.717, 1.165) is 22.4 Å². The van der Waals surface area contributed by atoms with Gasteiger partial charge in [0.2, 0.25) is 5.28 Å². The zero-order valence-electron chi connectivity index (χ0n) is 10.0. The fourth-order valence-corrected chi connectivity index (χ4v) is 2.78. The van der Waals surface area contributed by atoms with Crippen LogP contribution in [-0.4, -0.2) is 14.8 Å². The van der Waals surface area contributed by atoms with Crippen LogP contribution in [0.25, 0.3) is 5.69 Å². The van der Waals surface area contributed by atoms with Crippen molar-refractivity contribution >= 4 is 27.5 Å². The van der Waals surface area contributed by atoms with Gasteiger partial charge in [0, 0.05) is 10.4 Å². The Balaban J connectivity index is 2.17. The summed E-state index contributed by atoms with van der Waals surface area (Å²) in [5.74, 6) is 1.52. The summed E-state index contributed by atoms with van der Waals surface area (Å²) >= 11 is 9.70. The van der Waals surface area contributed by atoms with Crippen LogP contribution in [0.3, 0.4) is 0 Å². The van der Waals surface area contributed by atoms with Gasteiger partial charge in [-0.1, -0.05) is 22.9 Å². The van der Waals surface area contributed by atoms with Crippen molar-refractivity contribution in [3.05, 3.63) is 39.3 Å². The quantitative estimate of drug-likeness (QED) is 0.849. The zero-order valence-corrected chi connectivity index (χ0v) is 12.4. The lowest BCUT2D eigenvalue weighted by atomic mass is 10.1. The molecule has 0 spiro atoms. The second kappa shape index (κ2) is 4.67. The van der Waals surface area contributed by atoms with Crippen LogP contribution < -0.4 is 0 Å². The van der Waals surface area contributed by atoms with Gasteiger partial charge in [0.1, 0.15) is 5.82 Å². The molecule has 1 saturated carbocycles. The highest BCUT2D eigenvalue weighted by Gasteiger charge is 2.31. The van der Waals surface area contributed by atoms with E-state index in [2.05, 4.69) is 45.2 Å². The summed E-state index contributed by atoms with van der Waals surface area (Å²) in [5.41, 5.74) is 2.34. The van der Waals surface area contributed by atoms with Gasteiger partial charge >= 0.3 is 0 Å². The second-order valence-corrected chi connectivity index (χ2v) is 5.82. The molecule has 3 nitrogen and oxygen atoms in total. The minimum Gasteiger partial charge on any atom is -0.269 e. The second-order valence-electron chi connectivity index (χ2n) is 4.56. The van der Waals surface area contributed by atoms with Crippen LogP contribution in [-0.2, 0) is 6.42 Å². The van der Waals surface area contributed by atoms with E-state index in [1.165, 1.54) is 18.4 Å². The summed E-state index contributed by atoms with van der Waals surface area (Å²) in [6.45, 7) is 2.14. The van der Waals surface area contributed by atoms with Gasteiger partial charge in [-0.25, -0.2) is 0 Å². The Morgan fingerprint density at radius 2 is 2.17 bits per heavy atom. The number of hydrogen-bond acceptors (Lipinski definition) is 2. The maximum atomic E-state index is 6.20. The maximum absolute atomic E-state index is 6.20. The molecule has 3 rings (SSSR count). The molecular formula is C13H13BrClN3. The van der Waals surface area contributed by atoms with E-state index in [9.17, 15) is 0 Å². The molecular weight excluding hydrogens is 314 g/mol. The lowest BCUT2D eigenvalue weighted by Crippen LogP contribution is -2.03. The first-order chi connectivity index (χ1) is 8.70. The third-order valence-electron chi connectivity index (χ3n) is 3.25. The van der Waals surface area contributed by atoms with E-state index in [0.29, 0.717) is 11.2 Å². The number of hydrogen-bond donors (Lipinski definition) is 0. The fraction of sp³-hybridized carbons (Fsp3) is 0.385. The van der Waals surface area contributed by atoms with Crippen LogP contribution in [0.5, 0.6) is 0 Å². The van der Waals surface area contributed by atoms with Gasteiger partial charge in [0.15, 0.2) is 0 Å². The van der Waals surface area contributed by atoms with E-state index in [4.69, 9.17) is 11.6 Å². The third kappa shape index (κ3) is 2.08. The minimum atomic E-state index is 0.453. The Kier molecular flexibility index (Phi) is 3.16. The first-order valence-electron chi connectivity index (χ1n) is 6.10. The Morgan fingerprint density at radius 3 is 2.83 bits per heavy atom. The van der Waals surface area contributed by atoms with Crippen molar-refractivity contribution in [3.8, 4) is 5.69 Å². The lowest BCUT2D eigenvalue weighted by molar-refractivity contribution is 0.862. The molecule has 0 atom stereocenters. The van der Waals surface area contributed by atoms with Gasteiger partial charge in [-0.05, 0) is 54.6 Å². The van der Waals surface area contributed by atoms with Crippen LogP contribution in [0.2, 0.25) is 5.28 Å². The third-order valence-corrected chi connectivity index (χ3v) is 3.99. The molecule has 1 aromatic carbocycles. The number of nitrogens with zero attached hydrogens (tertiary/aromatic N) is 3. The van der Waals surface area contributed by atoms with Crippen molar-refractivity contribution in [3.63, 3.8) is 0 Å². The van der Waals surface area contributed by atoms with Crippen molar-refractivity contribution in [1.82, 2.24) is 14.8 Å². The molecule has 0 radical (unpaired) electrons. The van der Waals surface area contributed by atoms with Gasteiger partial charge in [0.05, 0.1) is 5.69 Å². The molecule has 1 aliphatic rings. The van der Waals surface area contributed by atoms with E-state index in [1.807, 2.05) is 10.6 Å². The highest BCUT2D eigenvalue weighted by Crippen LogP contribution is 2.41. The Morgan fingerprint density at radius 1 is 1.39 bits per heavy atom. The molecule has 1 aromatic heterocycles. The number of benzene rings is 1. The van der Waals surface area contributed by atoms with Gasteiger partial charge < -0.3 is 0 Å². The van der Waals surface area contributed by atoms with Crippen molar-refractivity contribution < 1.29 is 0 Å². The average Bonchev–Trinajstić information content (AvgIpc) is 3.14. The van der Waals surface area contributed by atoms with Gasteiger partial charge in [-0.15, -0.1) is 10.2 Å². The van der Waals surface area contributed by atoms with Crippen LogP contribution in [0.4, 0.5) is 0 Å². The highest BCUT2D eigenvalue weighted by atomic mass is 79.9. The minimum absolute atomic E-state index is 0.453. The molecule has 1 heterocycles. The molecule has 0 unspecified atom stereocenters. The predicted octanol–water partition coefficient (Wildman–Crippen LogP) is 4.12. The molecule has 1 fully saturated rings. The van der Waals surface area contributed by atoms with Crippen molar-refractivity contribution in [1.29, 1.82) is 0 Å². The number of aryl methyl sites for hydroxylation is 1. The Bertz CT molecular complexity index is 590. The van der Waals surface area contributed by atoms with E-state index in [1.54, 1.807) is 0 Å². The summed E-state index contributed by atoms with van der Waals surface area (Å²) in [6, 6.07) is 6.23. The number of aromatic nitrogens is 3. The molecule has 0 bridgehead atoms. The molecule has 0 aliphatic heterocycles. The largest absolute Gasteiger partial charge is 0.269 e. The summed E-state index contributed by atoms with van der Waals surface area (Å²) in [4.78, 5) is 0. The van der Waals surface area contributed by atoms with E-state index >= 15 is 0 Å². The number of halogens is 2. The summed E-state index contributed by atoms with van der Waals surface area (Å²) in [6.07, 6.45) is 3.33. The van der Waals surface area contributed by atoms with Crippen molar-refractivity contribution in [2.45, 2.75) is 32.1 Å². The molecule has 1 aliphatic carbocycles. The molecule has 0 N–H and O–H groups in total. The predicted molar refractivity (Wildman–Crippen MR) is 75.4 cm³/mol. The Labute approximate surface area is 119 Å². The van der Waals surface area contributed by atoms with Crippen molar-refractivity contribution in [2.24, 2.45) is 0 Å². The molecule has 0 amide bonds. The van der Waals surface area contributed by atoms with Crippen LogP contribution in [0.1, 0.15) is 37.1 Å². The standard InChI is InChI=1S/C13H13BrClN3/c1-2-8-7-10(14)5-6-11(8)18-12(9-3-4-9)16-17-13(18)15/h5-7,9H,2-4H2,1H3. The lowest BCUT2D eigenvalue weighted by Gasteiger charge is -2.12. The summed E-state index contributed by atoms with van der Waals surface area (Å²) in [5, 5.41) is 8.69. The smallest absolute Gasteiger partial charge is 0.229 e. The topological polar surface area (TPSA) is 30.7 Å². The normalized spacial score (nSPS) is 15.1. The zero-order chi connectivity index (χ0) is 12.7. The SMILES string of the molecule is CCc1cc(Br)ccc1-n1c(Cl)nnc1C1CC1. The Hall–Kier alpha value is -0.870. The molecule has 94 valence electrons. The van der Waals surface area contributed by atoms with Crippen LogP contribution in [0.15, 0.2) is 22.7 Å². The number of rotatable bonds is 3. The average molecular weight is 327 g/mol. The van der Waals surface area contributed by atoms with E-state index in [-0.39, 0.29) is 0 Å².